The van der Waals surface area contributed by atoms with Gasteiger partial charge in [0.05, 0.1) is 11.7 Å². The van der Waals surface area contributed by atoms with E-state index in [1.807, 2.05) is 18.2 Å². The summed E-state index contributed by atoms with van der Waals surface area (Å²) in [4.78, 5) is 3.93. The van der Waals surface area contributed by atoms with Crippen molar-refractivity contribution in [2.75, 3.05) is 0 Å². The molecule has 2 nitrogen and oxygen atoms in total. The van der Waals surface area contributed by atoms with Gasteiger partial charge in [0, 0.05) is 8.95 Å². The van der Waals surface area contributed by atoms with Crippen LogP contribution in [0.2, 0.25) is 0 Å². The summed E-state index contributed by atoms with van der Waals surface area (Å²) in [7, 11) is 0. The predicted octanol–water partition coefficient (Wildman–Crippen LogP) is 4.46. The van der Waals surface area contributed by atoms with Gasteiger partial charge in [-0.1, -0.05) is 43.2 Å². The Bertz CT molecular complexity index is 410. The van der Waals surface area contributed by atoms with Crippen LogP contribution >= 0.6 is 43.2 Å². The number of rotatable bonds is 2. The summed E-state index contributed by atoms with van der Waals surface area (Å²) in [6.07, 6.45) is 1.69. The molecule has 1 aromatic heterocycles. The fraction of sp³-hybridized carbons (Fsp3) is 0. The molecule has 0 unspecified atom stereocenters. The van der Waals surface area contributed by atoms with Crippen molar-refractivity contribution in [1.82, 2.24) is 4.98 Å². The van der Waals surface area contributed by atoms with Crippen molar-refractivity contribution < 1.29 is 4.74 Å². The van der Waals surface area contributed by atoms with Crippen molar-refractivity contribution >= 4 is 43.2 Å². The summed E-state index contributed by atoms with van der Waals surface area (Å²) in [6.45, 7) is 0. The summed E-state index contributed by atoms with van der Waals surface area (Å²) in [5, 5.41) is 0.787. The molecule has 0 atom stereocenters. The van der Waals surface area contributed by atoms with E-state index in [1.165, 1.54) is 11.3 Å². The minimum absolute atomic E-state index is 0.787. The Labute approximate surface area is 102 Å². The number of hydrogen-bond acceptors (Lipinski definition) is 3. The van der Waals surface area contributed by atoms with Crippen molar-refractivity contribution in [2.24, 2.45) is 0 Å². The van der Waals surface area contributed by atoms with Crippen molar-refractivity contribution in [3.63, 3.8) is 0 Å². The Morgan fingerprint density at radius 2 is 1.86 bits per heavy atom. The molecular formula is C9H5Br2NOS. The average molecular weight is 335 g/mol. The number of ether oxygens (including phenoxy) is 1. The first-order chi connectivity index (χ1) is 6.74. The lowest BCUT2D eigenvalue weighted by atomic mass is 10.3. The Kier molecular flexibility index (Phi) is 3.20. The van der Waals surface area contributed by atoms with Crippen LogP contribution in [0.4, 0.5) is 0 Å². The second kappa shape index (κ2) is 4.42. The molecule has 0 N–H and O–H groups in total. The smallest absolute Gasteiger partial charge is 0.200 e. The number of thiazole rings is 1. The van der Waals surface area contributed by atoms with E-state index in [9.17, 15) is 0 Å². The molecule has 0 saturated heterocycles. The largest absolute Gasteiger partial charge is 0.445 e. The summed E-state index contributed by atoms with van der Waals surface area (Å²) in [5.74, 6) is 0.788. The quantitative estimate of drug-likeness (QED) is 0.808. The highest BCUT2D eigenvalue weighted by atomic mass is 79.9. The molecule has 1 heterocycles. The molecule has 5 heteroatoms. The van der Waals surface area contributed by atoms with Gasteiger partial charge in [0.25, 0.3) is 0 Å². The lowest BCUT2D eigenvalue weighted by Crippen LogP contribution is -1.80. The van der Waals surface area contributed by atoms with Gasteiger partial charge in [0.15, 0.2) is 0 Å². The number of nitrogens with zero attached hydrogens (tertiary/aromatic N) is 1. The van der Waals surface area contributed by atoms with Gasteiger partial charge < -0.3 is 4.74 Å². The lowest BCUT2D eigenvalue weighted by Gasteiger charge is -2.03. The number of aromatic nitrogens is 1. The topological polar surface area (TPSA) is 22.1 Å². The van der Waals surface area contributed by atoms with Gasteiger partial charge in [0.2, 0.25) is 5.06 Å². The van der Waals surface area contributed by atoms with E-state index < -0.39 is 0 Å². The molecule has 14 heavy (non-hydrogen) atoms. The normalized spacial score (nSPS) is 10.1. The zero-order valence-corrected chi connectivity index (χ0v) is 10.9. The summed E-state index contributed by atoms with van der Waals surface area (Å²) in [6, 6.07) is 5.77. The van der Waals surface area contributed by atoms with Crippen LogP contribution in [0.1, 0.15) is 0 Å². The van der Waals surface area contributed by atoms with Gasteiger partial charge in [-0.3, -0.25) is 0 Å². The fourth-order valence-electron chi connectivity index (χ4n) is 0.958. The van der Waals surface area contributed by atoms with Crippen LogP contribution < -0.4 is 4.74 Å². The van der Waals surface area contributed by atoms with Gasteiger partial charge in [-0.05, 0) is 18.2 Å². The molecule has 0 amide bonds. The summed E-state index contributed by atoms with van der Waals surface area (Å²) in [5.41, 5.74) is 1.74. The first-order valence-electron chi connectivity index (χ1n) is 3.76. The molecule has 1 aromatic carbocycles. The van der Waals surface area contributed by atoms with Gasteiger partial charge in [0.1, 0.15) is 5.75 Å². The van der Waals surface area contributed by atoms with E-state index in [0.29, 0.717) is 0 Å². The third-order valence-electron chi connectivity index (χ3n) is 1.46. The average Bonchev–Trinajstić information content (AvgIpc) is 2.54. The first-order valence-corrected chi connectivity index (χ1v) is 6.23. The molecule has 0 spiro atoms. The van der Waals surface area contributed by atoms with E-state index in [4.69, 9.17) is 4.74 Å². The van der Waals surface area contributed by atoms with E-state index in [1.54, 1.807) is 11.7 Å². The minimum Gasteiger partial charge on any atom is -0.445 e. The molecule has 0 radical (unpaired) electrons. The standard InChI is InChI=1S/C9H5Br2NOS/c10-6-1-7(11)3-8(2-6)13-9-4-12-5-14-9/h1-5H. The van der Waals surface area contributed by atoms with Gasteiger partial charge in [-0.2, -0.15) is 0 Å². The molecule has 2 rings (SSSR count). The summed E-state index contributed by atoms with van der Waals surface area (Å²) >= 11 is 8.26. The highest BCUT2D eigenvalue weighted by Crippen LogP contribution is 2.30. The predicted molar refractivity (Wildman–Crippen MR) is 64.0 cm³/mol. The Balaban J connectivity index is 2.25. The molecule has 72 valence electrons. The second-order valence-electron chi connectivity index (χ2n) is 2.53. The maximum Gasteiger partial charge on any atom is 0.200 e. The summed E-state index contributed by atoms with van der Waals surface area (Å²) < 4.78 is 7.53. The first kappa shape index (κ1) is 10.1. The maximum atomic E-state index is 5.58. The van der Waals surface area contributed by atoms with Gasteiger partial charge in [-0.25, -0.2) is 4.98 Å². The molecule has 2 aromatic rings. The third-order valence-corrected chi connectivity index (χ3v) is 3.03. The monoisotopic (exact) mass is 333 g/mol. The molecular weight excluding hydrogens is 330 g/mol. The van der Waals surface area contributed by atoms with E-state index in [2.05, 4.69) is 36.8 Å². The molecule has 0 fully saturated rings. The second-order valence-corrected chi connectivity index (χ2v) is 5.21. The van der Waals surface area contributed by atoms with Crippen LogP contribution in [0.5, 0.6) is 10.8 Å². The van der Waals surface area contributed by atoms with Crippen molar-refractivity contribution in [2.45, 2.75) is 0 Å². The van der Waals surface area contributed by atoms with Crippen LogP contribution in [0.3, 0.4) is 0 Å². The van der Waals surface area contributed by atoms with E-state index >= 15 is 0 Å². The Morgan fingerprint density at radius 1 is 1.14 bits per heavy atom. The van der Waals surface area contributed by atoms with Crippen molar-refractivity contribution in [3.05, 3.63) is 38.9 Å². The van der Waals surface area contributed by atoms with Crippen LogP contribution in [0.15, 0.2) is 38.9 Å². The lowest BCUT2D eigenvalue weighted by molar-refractivity contribution is 0.494. The highest BCUT2D eigenvalue weighted by Gasteiger charge is 2.01. The van der Waals surface area contributed by atoms with E-state index in [0.717, 1.165) is 19.8 Å². The van der Waals surface area contributed by atoms with Crippen LogP contribution in [0.25, 0.3) is 0 Å². The molecule has 0 bridgehead atoms. The van der Waals surface area contributed by atoms with E-state index in [-0.39, 0.29) is 0 Å². The van der Waals surface area contributed by atoms with Crippen LogP contribution in [-0.2, 0) is 0 Å². The molecule has 0 aliphatic rings. The Morgan fingerprint density at radius 3 is 2.43 bits per heavy atom. The van der Waals surface area contributed by atoms with Crippen molar-refractivity contribution in [1.29, 1.82) is 0 Å². The number of halogens is 2. The van der Waals surface area contributed by atoms with Crippen LogP contribution in [0, 0.1) is 0 Å². The number of hydrogen-bond donors (Lipinski definition) is 0. The Hall–Kier alpha value is -0.390. The zero-order chi connectivity index (χ0) is 9.97. The third kappa shape index (κ3) is 2.56. The van der Waals surface area contributed by atoms with Gasteiger partial charge in [-0.15, -0.1) is 0 Å². The maximum absolute atomic E-state index is 5.58. The number of benzene rings is 1. The molecule has 0 saturated carbocycles. The SMILES string of the molecule is Brc1cc(Br)cc(Oc2cncs2)c1. The molecule has 0 aliphatic carbocycles. The van der Waals surface area contributed by atoms with Crippen LogP contribution in [-0.4, -0.2) is 4.98 Å². The minimum atomic E-state index is 0.787. The highest BCUT2D eigenvalue weighted by molar-refractivity contribution is 9.11. The molecule has 0 aliphatic heterocycles. The zero-order valence-electron chi connectivity index (χ0n) is 6.91. The van der Waals surface area contributed by atoms with Gasteiger partial charge >= 0.3 is 0 Å². The fourth-order valence-corrected chi connectivity index (χ4v) is 2.70. The van der Waals surface area contributed by atoms with Crippen molar-refractivity contribution in [3.8, 4) is 10.8 Å².